The molecular formula is C7H15NO5S. The van der Waals surface area contributed by atoms with Gasteiger partial charge in [-0.3, -0.25) is 9.35 Å². The van der Waals surface area contributed by atoms with Crippen LogP contribution in [0.2, 0.25) is 0 Å². The van der Waals surface area contributed by atoms with Crippen molar-refractivity contribution in [3.8, 4) is 0 Å². The molecule has 14 heavy (non-hydrogen) atoms. The Morgan fingerprint density at radius 3 is 1.93 bits per heavy atom. The van der Waals surface area contributed by atoms with Crippen LogP contribution in [-0.4, -0.2) is 56.3 Å². The molecule has 6 nitrogen and oxygen atoms in total. The highest BCUT2D eigenvalue weighted by atomic mass is 32.2. The van der Waals surface area contributed by atoms with Gasteiger partial charge in [-0.15, -0.1) is 0 Å². The zero-order valence-electron chi connectivity index (χ0n) is 8.26. The number of carbonyl (C=O) groups is 1. The standard InChI is InChI=1S/C6H11NO2.CH4O3S/c1-6(8)7-2-4-9-5-3-7;1-5(2,3)4/h2-5H2,1H3;1H3,(H,2,3,4). The fourth-order valence-electron chi connectivity index (χ4n) is 0.878. The first-order chi connectivity index (χ1) is 6.30. The Balaban J connectivity index is 0.000000292. The zero-order chi connectivity index (χ0) is 11.2. The molecule has 1 heterocycles. The molecule has 0 aromatic rings. The van der Waals surface area contributed by atoms with Crippen LogP contribution < -0.4 is 0 Å². The lowest BCUT2D eigenvalue weighted by atomic mass is 10.4. The summed E-state index contributed by atoms with van der Waals surface area (Å²) in [7, 11) is -3.67. The van der Waals surface area contributed by atoms with E-state index in [1.54, 1.807) is 11.8 Å². The SMILES string of the molecule is CC(=O)N1CCOCC1.CS(=O)(=O)O. The summed E-state index contributed by atoms with van der Waals surface area (Å²) in [5, 5.41) is 0. The minimum atomic E-state index is -3.67. The second kappa shape index (κ2) is 5.94. The number of nitrogens with zero attached hydrogens (tertiary/aromatic N) is 1. The van der Waals surface area contributed by atoms with Gasteiger partial charge in [0.15, 0.2) is 0 Å². The second-order valence-corrected chi connectivity index (χ2v) is 4.32. The van der Waals surface area contributed by atoms with Crippen molar-refractivity contribution in [2.75, 3.05) is 32.6 Å². The molecule has 1 fully saturated rings. The van der Waals surface area contributed by atoms with Gasteiger partial charge in [-0.25, -0.2) is 0 Å². The van der Waals surface area contributed by atoms with E-state index in [4.69, 9.17) is 9.29 Å². The summed E-state index contributed by atoms with van der Waals surface area (Å²) < 4.78 is 30.9. The molecule has 7 heteroatoms. The second-order valence-electron chi connectivity index (χ2n) is 2.85. The van der Waals surface area contributed by atoms with Gasteiger partial charge >= 0.3 is 0 Å². The summed E-state index contributed by atoms with van der Waals surface area (Å²) in [4.78, 5) is 12.5. The fraction of sp³-hybridized carbons (Fsp3) is 0.857. The average molecular weight is 225 g/mol. The first kappa shape index (κ1) is 13.3. The Labute approximate surface area is 83.6 Å². The number of hydrogen-bond acceptors (Lipinski definition) is 4. The van der Waals surface area contributed by atoms with E-state index in [0.717, 1.165) is 13.1 Å². The summed E-state index contributed by atoms with van der Waals surface area (Å²) in [6.07, 6.45) is 0.715. The van der Waals surface area contributed by atoms with E-state index in [9.17, 15) is 13.2 Å². The maximum atomic E-state index is 10.7. The van der Waals surface area contributed by atoms with Crippen LogP contribution in [0.25, 0.3) is 0 Å². The fourth-order valence-corrected chi connectivity index (χ4v) is 0.878. The van der Waals surface area contributed by atoms with Crippen LogP contribution in [-0.2, 0) is 19.6 Å². The van der Waals surface area contributed by atoms with Crippen LogP contribution in [0.4, 0.5) is 0 Å². The van der Waals surface area contributed by atoms with Crippen molar-refractivity contribution in [1.29, 1.82) is 0 Å². The molecule has 0 spiro atoms. The Kier molecular flexibility index (Phi) is 5.66. The summed E-state index contributed by atoms with van der Waals surface area (Å²) in [5.74, 6) is 0.151. The molecule has 1 amide bonds. The molecule has 1 aliphatic rings. The minimum Gasteiger partial charge on any atom is -0.378 e. The quantitative estimate of drug-likeness (QED) is 0.555. The highest BCUT2D eigenvalue weighted by Crippen LogP contribution is 1.95. The van der Waals surface area contributed by atoms with Crippen LogP contribution in [0.5, 0.6) is 0 Å². The number of rotatable bonds is 0. The maximum absolute atomic E-state index is 10.7. The van der Waals surface area contributed by atoms with Gasteiger partial charge in [-0.05, 0) is 0 Å². The third kappa shape index (κ3) is 9.43. The van der Waals surface area contributed by atoms with Crippen LogP contribution in [0, 0.1) is 0 Å². The van der Waals surface area contributed by atoms with Crippen LogP contribution in [0.3, 0.4) is 0 Å². The molecular weight excluding hydrogens is 210 g/mol. The minimum absolute atomic E-state index is 0.151. The molecule has 0 atom stereocenters. The van der Waals surface area contributed by atoms with Crippen LogP contribution in [0.15, 0.2) is 0 Å². The monoisotopic (exact) mass is 225 g/mol. The first-order valence-corrected chi connectivity index (χ1v) is 5.91. The third-order valence-corrected chi connectivity index (χ3v) is 1.46. The van der Waals surface area contributed by atoms with Crippen molar-refractivity contribution in [3.05, 3.63) is 0 Å². The number of hydrogen-bond donors (Lipinski definition) is 1. The number of amides is 1. The molecule has 1 aliphatic heterocycles. The van der Waals surface area contributed by atoms with E-state index in [2.05, 4.69) is 0 Å². The lowest BCUT2D eigenvalue weighted by Gasteiger charge is -2.25. The van der Waals surface area contributed by atoms with Crippen molar-refractivity contribution in [1.82, 2.24) is 4.90 Å². The Hall–Kier alpha value is -0.660. The molecule has 0 saturated carbocycles. The third-order valence-electron chi connectivity index (χ3n) is 1.46. The lowest BCUT2D eigenvalue weighted by molar-refractivity contribution is -0.132. The van der Waals surface area contributed by atoms with E-state index >= 15 is 0 Å². The smallest absolute Gasteiger partial charge is 0.261 e. The van der Waals surface area contributed by atoms with E-state index in [1.807, 2.05) is 0 Å². The van der Waals surface area contributed by atoms with Gasteiger partial charge in [0.05, 0.1) is 19.5 Å². The molecule has 0 aromatic carbocycles. The number of morpholine rings is 1. The molecule has 0 radical (unpaired) electrons. The van der Waals surface area contributed by atoms with Crippen molar-refractivity contribution in [2.24, 2.45) is 0 Å². The van der Waals surface area contributed by atoms with Gasteiger partial charge in [0.1, 0.15) is 0 Å². The summed E-state index contributed by atoms with van der Waals surface area (Å²) in [6.45, 7) is 4.50. The van der Waals surface area contributed by atoms with E-state index in [0.29, 0.717) is 19.5 Å². The van der Waals surface area contributed by atoms with Gasteiger partial charge in [0, 0.05) is 20.0 Å². The molecule has 1 rings (SSSR count). The topological polar surface area (TPSA) is 83.9 Å². The maximum Gasteiger partial charge on any atom is 0.261 e. The molecule has 84 valence electrons. The van der Waals surface area contributed by atoms with Crippen LogP contribution >= 0.6 is 0 Å². The van der Waals surface area contributed by atoms with Crippen molar-refractivity contribution in [3.63, 3.8) is 0 Å². The number of ether oxygens (including phenoxy) is 1. The van der Waals surface area contributed by atoms with Crippen LogP contribution in [0.1, 0.15) is 6.92 Å². The van der Waals surface area contributed by atoms with E-state index in [1.165, 1.54) is 0 Å². The van der Waals surface area contributed by atoms with Gasteiger partial charge in [0.25, 0.3) is 10.1 Å². The lowest BCUT2D eigenvalue weighted by Crippen LogP contribution is -2.39. The summed E-state index contributed by atoms with van der Waals surface area (Å²) >= 11 is 0. The molecule has 0 aliphatic carbocycles. The van der Waals surface area contributed by atoms with Crippen molar-refractivity contribution >= 4 is 16.0 Å². The normalized spacial score (nSPS) is 16.9. The predicted molar refractivity (Wildman–Crippen MR) is 50.5 cm³/mol. The Morgan fingerprint density at radius 1 is 1.36 bits per heavy atom. The molecule has 0 unspecified atom stereocenters. The molecule has 0 bridgehead atoms. The summed E-state index contributed by atoms with van der Waals surface area (Å²) in [5.41, 5.74) is 0. The van der Waals surface area contributed by atoms with Gasteiger partial charge in [-0.1, -0.05) is 0 Å². The van der Waals surface area contributed by atoms with E-state index in [-0.39, 0.29) is 5.91 Å². The highest BCUT2D eigenvalue weighted by molar-refractivity contribution is 7.85. The predicted octanol–water partition coefficient (Wildman–Crippen LogP) is -0.631. The molecule has 0 aromatic heterocycles. The van der Waals surface area contributed by atoms with Crippen molar-refractivity contribution in [2.45, 2.75) is 6.92 Å². The Bertz CT molecular complexity index is 260. The van der Waals surface area contributed by atoms with Gasteiger partial charge in [-0.2, -0.15) is 8.42 Å². The molecule has 1 saturated heterocycles. The molecule has 1 N–H and O–H groups in total. The van der Waals surface area contributed by atoms with Gasteiger partial charge in [0.2, 0.25) is 5.91 Å². The summed E-state index contributed by atoms with van der Waals surface area (Å²) in [6, 6.07) is 0. The highest BCUT2D eigenvalue weighted by Gasteiger charge is 2.11. The zero-order valence-corrected chi connectivity index (χ0v) is 9.08. The van der Waals surface area contributed by atoms with Crippen molar-refractivity contribution < 1.29 is 22.5 Å². The first-order valence-electron chi connectivity index (χ1n) is 4.06. The van der Waals surface area contributed by atoms with Gasteiger partial charge < -0.3 is 9.64 Å². The Morgan fingerprint density at radius 2 is 1.71 bits per heavy atom. The largest absolute Gasteiger partial charge is 0.378 e. The number of carbonyl (C=O) groups excluding carboxylic acids is 1. The average Bonchev–Trinajstić information content (AvgIpc) is 2.03. The van der Waals surface area contributed by atoms with E-state index < -0.39 is 10.1 Å².